The molecule has 1 aromatic rings. The number of hydrogen-bond acceptors (Lipinski definition) is 3. The van der Waals surface area contributed by atoms with Gasteiger partial charge in [0.15, 0.2) is 11.5 Å². The van der Waals surface area contributed by atoms with E-state index in [-0.39, 0.29) is 18.4 Å². The Balaban J connectivity index is 0.00000200. The van der Waals surface area contributed by atoms with Gasteiger partial charge in [-0.2, -0.15) is 0 Å². The van der Waals surface area contributed by atoms with E-state index in [0.29, 0.717) is 12.5 Å². The summed E-state index contributed by atoms with van der Waals surface area (Å²) in [7, 11) is 1.67. The molecule has 2 rings (SSSR count). The Morgan fingerprint density at radius 1 is 1.20 bits per heavy atom. The van der Waals surface area contributed by atoms with Gasteiger partial charge in [0, 0.05) is 6.04 Å². The van der Waals surface area contributed by atoms with Crippen LogP contribution in [0.25, 0.3) is 0 Å². The highest BCUT2D eigenvalue weighted by Gasteiger charge is 2.22. The van der Waals surface area contributed by atoms with Gasteiger partial charge in [0.1, 0.15) is 0 Å². The van der Waals surface area contributed by atoms with E-state index in [4.69, 9.17) is 15.2 Å². The number of methoxy groups -OCH3 is 1. The first-order valence-electron chi connectivity index (χ1n) is 7.32. The van der Waals surface area contributed by atoms with E-state index in [1.54, 1.807) is 7.11 Å². The van der Waals surface area contributed by atoms with Crippen molar-refractivity contribution < 1.29 is 9.47 Å². The van der Waals surface area contributed by atoms with E-state index >= 15 is 0 Å². The van der Waals surface area contributed by atoms with Crippen molar-refractivity contribution in [1.29, 1.82) is 0 Å². The molecule has 4 heteroatoms. The standard InChI is InChI=1S/C16H25NO2.ClH/c1-3-19-14-10-9-13(11-15(14)18-2)16(17)12-7-5-4-6-8-12;/h9-12,16H,3-8,17H2,1-2H3;1H/t16-;/m1./s1. The summed E-state index contributed by atoms with van der Waals surface area (Å²) in [5.74, 6) is 2.19. The normalized spacial score (nSPS) is 17.1. The minimum atomic E-state index is 0. The lowest BCUT2D eigenvalue weighted by molar-refractivity contribution is 0.301. The van der Waals surface area contributed by atoms with Crippen LogP contribution in [0.4, 0.5) is 0 Å². The van der Waals surface area contributed by atoms with Gasteiger partial charge in [0.25, 0.3) is 0 Å². The fourth-order valence-corrected chi connectivity index (χ4v) is 2.93. The molecule has 1 aromatic carbocycles. The number of ether oxygens (including phenoxy) is 2. The maximum Gasteiger partial charge on any atom is 0.161 e. The lowest BCUT2D eigenvalue weighted by Crippen LogP contribution is -2.23. The molecule has 0 aliphatic heterocycles. The second-order valence-electron chi connectivity index (χ2n) is 5.27. The summed E-state index contributed by atoms with van der Waals surface area (Å²) < 4.78 is 10.9. The van der Waals surface area contributed by atoms with Gasteiger partial charge in [-0.1, -0.05) is 25.3 Å². The maximum atomic E-state index is 6.42. The van der Waals surface area contributed by atoms with Gasteiger partial charge in [0.2, 0.25) is 0 Å². The van der Waals surface area contributed by atoms with Crippen molar-refractivity contribution in [1.82, 2.24) is 0 Å². The molecule has 1 aliphatic carbocycles. The first-order chi connectivity index (χ1) is 9.26. The van der Waals surface area contributed by atoms with Gasteiger partial charge >= 0.3 is 0 Å². The van der Waals surface area contributed by atoms with Gasteiger partial charge in [-0.3, -0.25) is 0 Å². The molecule has 20 heavy (non-hydrogen) atoms. The minimum Gasteiger partial charge on any atom is -0.493 e. The average molecular weight is 300 g/mol. The third-order valence-electron chi connectivity index (χ3n) is 4.03. The number of halogens is 1. The third kappa shape index (κ3) is 4.03. The van der Waals surface area contributed by atoms with Crippen LogP contribution in [-0.4, -0.2) is 13.7 Å². The van der Waals surface area contributed by atoms with Gasteiger partial charge in [-0.25, -0.2) is 0 Å². The predicted molar refractivity (Wildman–Crippen MR) is 84.9 cm³/mol. The van der Waals surface area contributed by atoms with Crippen LogP contribution in [0.3, 0.4) is 0 Å². The van der Waals surface area contributed by atoms with E-state index in [1.165, 1.54) is 32.1 Å². The van der Waals surface area contributed by atoms with Gasteiger partial charge in [0.05, 0.1) is 13.7 Å². The maximum absolute atomic E-state index is 6.42. The van der Waals surface area contributed by atoms with Crippen LogP contribution in [0.15, 0.2) is 18.2 Å². The molecule has 1 aliphatic rings. The molecule has 114 valence electrons. The zero-order chi connectivity index (χ0) is 13.7. The van der Waals surface area contributed by atoms with Crippen LogP contribution in [-0.2, 0) is 0 Å². The SMILES string of the molecule is CCOc1ccc([C@H](N)C2CCCCC2)cc1OC.Cl. The van der Waals surface area contributed by atoms with Gasteiger partial charge in [-0.05, 0) is 43.4 Å². The molecule has 2 N–H and O–H groups in total. The molecule has 0 aromatic heterocycles. The van der Waals surface area contributed by atoms with E-state index in [1.807, 2.05) is 19.1 Å². The number of rotatable bonds is 5. The van der Waals surface area contributed by atoms with Crippen LogP contribution in [0, 0.1) is 5.92 Å². The van der Waals surface area contributed by atoms with Crippen molar-refractivity contribution in [3.8, 4) is 11.5 Å². The van der Waals surface area contributed by atoms with Crippen molar-refractivity contribution in [2.24, 2.45) is 11.7 Å². The lowest BCUT2D eigenvalue weighted by atomic mass is 9.81. The summed E-state index contributed by atoms with van der Waals surface area (Å²) in [6.45, 7) is 2.62. The highest BCUT2D eigenvalue weighted by molar-refractivity contribution is 5.85. The van der Waals surface area contributed by atoms with Crippen LogP contribution >= 0.6 is 12.4 Å². The minimum absolute atomic E-state index is 0. The molecular weight excluding hydrogens is 274 g/mol. The molecule has 0 unspecified atom stereocenters. The van der Waals surface area contributed by atoms with Crippen molar-refractivity contribution >= 4 is 12.4 Å². The zero-order valence-electron chi connectivity index (χ0n) is 12.4. The average Bonchev–Trinajstić information content (AvgIpc) is 2.48. The molecule has 1 saturated carbocycles. The summed E-state index contributed by atoms with van der Waals surface area (Å²) in [5, 5.41) is 0. The fourth-order valence-electron chi connectivity index (χ4n) is 2.93. The van der Waals surface area contributed by atoms with E-state index in [2.05, 4.69) is 6.07 Å². The van der Waals surface area contributed by atoms with Crippen LogP contribution in [0.2, 0.25) is 0 Å². The fraction of sp³-hybridized carbons (Fsp3) is 0.625. The van der Waals surface area contributed by atoms with E-state index in [0.717, 1.165) is 17.1 Å². The first kappa shape index (κ1) is 17.1. The van der Waals surface area contributed by atoms with Crippen molar-refractivity contribution in [3.63, 3.8) is 0 Å². The number of benzene rings is 1. The predicted octanol–water partition coefficient (Wildman–Crippen LogP) is 4.10. The largest absolute Gasteiger partial charge is 0.493 e. The van der Waals surface area contributed by atoms with Crippen molar-refractivity contribution in [3.05, 3.63) is 23.8 Å². The number of hydrogen-bond donors (Lipinski definition) is 1. The van der Waals surface area contributed by atoms with Crippen molar-refractivity contribution in [2.45, 2.75) is 45.1 Å². The van der Waals surface area contributed by atoms with Crippen LogP contribution in [0.5, 0.6) is 11.5 Å². The molecule has 1 atom stereocenters. The Morgan fingerprint density at radius 2 is 1.90 bits per heavy atom. The summed E-state index contributed by atoms with van der Waals surface area (Å²) in [4.78, 5) is 0. The monoisotopic (exact) mass is 299 g/mol. The van der Waals surface area contributed by atoms with Gasteiger partial charge in [-0.15, -0.1) is 12.4 Å². The molecule has 0 radical (unpaired) electrons. The highest BCUT2D eigenvalue weighted by atomic mass is 35.5. The van der Waals surface area contributed by atoms with Crippen molar-refractivity contribution in [2.75, 3.05) is 13.7 Å². The second kappa shape index (κ2) is 8.38. The summed E-state index contributed by atoms with van der Waals surface area (Å²) in [6, 6.07) is 6.20. The molecule has 3 nitrogen and oxygen atoms in total. The Hall–Kier alpha value is -0.930. The topological polar surface area (TPSA) is 44.5 Å². The Kier molecular flexibility index (Phi) is 7.17. The molecule has 1 fully saturated rings. The molecule has 0 heterocycles. The zero-order valence-corrected chi connectivity index (χ0v) is 13.2. The Labute approximate surface area is 128 Å². The molecular formula is C16H26ClNO2. The highest BCUT2D eigenvalue weighted by Crippen LogP contribution is 2.36. The van der Waals surface area contributed by atoms with E-state index in [9.17, 15) is 0 Å². The summed E-state index contributed by atoms with van der Waals surface area (Å²) >= 11 is 0. The van der Waals surface area contributed by atoms with E-state index < -0.39 is 0 Å². The lowest BCUT2D eigenvalue weighted by Gasteiger charge is -2.28. The third-order valence-corrected chi connectivity index (χ3v) is 4.03. The summed E-state index contributed by atoms with van der Waals surface area (Å²) in [5.41, 5.74) is 7.58. The molecule has 0 amide bonds. The molecule has 0 saturated heterocycles. The molecule has 0 bridgehead atoms. The van der Waals surface area contributed by atoms with Crippen LogP contribution in [0.1, 0.15) is 50.6 Å². The summed E-state index contributed by atoms with van der Waals surface area (Å²) in [6.07, 6.45) is 6.47. The second-order valence-corrected chi connectivity index (χ2v) is 5.27. The van der Waals surface area contributed by atoms with Crippen LogP contribution < -0.4 is 15.2 Å². The van der Waals surface area contributed by atoms with Gasteiger partial charge < -0.3 is 15.2 Å². The first-order valence-corrected chi connectivity index (χ1v) is 7.32. The smallest absolute Gasteiger partial charge is 0.161 e. The quantitative estimate of drug-likeness (QED) is 0.890. The Morgan fingerprint density at radius 3 is 2.50 bits per heavy atom. The number of nitrogens with two attached hydrogens (primary N) is 1. The Bertz CT molecular complexity index is 405. The molecule has 0 spiro atoms.